The summed E-state index contributed by atoms with van der Waals surface area (Å²) >= 11 is 0. The molecule has 4 heterocycles. The van der Waals surface area contributed by atoms with Gasteiger partial charge in [0.1, 0.15) is 18.1 Å². The van der Waals surface area contributed by atoms with E-state index >= 15 is 0 Å². The van der Waals surface area contributed by atoms with Crippen molar-refractivity contribution < 1.29 is 27.5 Å². The molecule has 0 unspecified atom stereocenters. The number of amides is 2. The van der Waals surface area contributed by atoms with Crippen LogP contribution in [-0.4, -0.2) is 73.8 Å². The molecule has 0 atom stereocenters. The number of nitrogens with one attached hydrogen (secondary N) is 2. The molecule has 2 N–H and O–H groups in total. The second kappa shape index (κ2) is 9.78. The fourth-order valence-corrected chi connectivity index (χ4v) is 7.16. The number of benzene rings is 1. The van der Waals surface area contributed by atoms with Gasteiger partial charge >= 0.3 is 0 Å². The SMILES string of the molecule is Cc1[nH]c(C)c(S(=O)(=O)N2CCC(C(=O)Nc3ccc4c(c3)OCCO4)CC2)c1C(=O)N1CCCC1. The van der Waals surface area contributed by atoms with Crippen molar-refractivity contribution in [3.8, 4) is 11.5 Å². The van der Waals surface area contributed by atoms with Crippen molar-refractivity contribution >= 4 is 27.5 Å². The molecule has 2 aromatic rings. The van der Waals surface area contributed by atoms with Crippen LogP contribution >= 0.6 is 0 Å². The Morgan fingerprint density at radius 3 is 2.33 bits per heavy atom. The highest BCUT2D eigenvalue weighted by atomic mass is 32.2. The van der Waals surface area contributed by atoms with Gasteiger partial charge in [-0.15, -0.1) is 0 Å². The third-order valence-corrected chi connectivity index (χ3v) is 9.23. The number of piperidine rings is 1. The maximum Gasteiger partial charge on any atom is 0.257 e. The second-order valence-corrected chi connectivity index (χ2v) is 11.5. The van der Waals surface area contributed by atoms with Gasteiger partial charge in [0.25, 0.3) is 5.91 Å². The first kappa shape index (κ1) is 24.6. The molecule has 3 aliphatic heterocycles. The number of aromatic nitrogens is 1. The number of fused-ring (bicyclic) bond motifs is 1. The van der Waals surface area contributed by atoms with Gasteiger partial charge in [-0.05, 0) is 51.7 Å². The average Bonchev–Trinajstić information content (AvgIpc) is 3.51. The third kappa shape index (κ3) is 4.57. The van der Waals surface area contributed by atoms with Gasteiger partial charge in [0.15, 0.2) is 11.5 Å². The van der Waals surface area contributed by atoms with E-state index in [-0.39, 0.29) is 41.3 Å². The Morgan fingerprint density at radius 2 is 1.64 bits per heavy atom. The van der Waals surface area contributed by atoms with E-state index in [1.165, 1.54) is 4.31 Å². The van der Waals surface area contributed by atoms with Crippen molar-refractivity contribution in [2.75, 3.05) is 44.7 Å². The number of hydrogen-bond acceptors (Lipinski definition) is 6. The monoisotopic (exact) mass is 516 g/mol. The third-order valence-electron chi connectivity index (χ3n) is 7.16. The van der Waals surface area contributed by atoms with Crippen molar-refractivity contribution in [3.05, 3.63) is 35.2 Å². The maximum absolute atomic E-state index is 13.7. The van der Waals surface area contributed by atoms with Crippen LogP contribution in [0.3, 0.4) is 0 Å². The number of H-pyrrole nitrogens is 1. The molecule has 0 radical (unpaired) electrons. The van der Waals surface area contributed by atoms with E-state index in [1.807, 2.05) is 0 Å². The minimum absolute atomic E-state index is 0.0658. The molecule has 0 spiro atoms. The Hall–Kier alpha value is -3.05. The van der Waals surface area contributed by atoms with Crippen molar-refractivity contribution in [2.45, 2.75) is 44.4 Å². The molecule has 10 nitrogen and oxygen atoms in total. The molecule has 2 amide bonds. The molecule has 0 saturated carbocycles. The van der Waals surface area contributed by atoms with Crippen molar-refractivity contribution in [2.24, 2.45) is 5.92 Å². The lowest BCUT2D eigenvalue weighted by Crippen LogP contribution is -2.42. The quantitative estimate of drug-likeness (QED) is 0.630. The fraction of sp³-hybridized carbons (Fsp3) is 0.520. The van der Waals surface area contributed by atoms with Crippen LogP contribution in [0.4, 0.5) is 5.69 Å². The van der Waals surface area contributed by atoms with Crippen LogP contribution in [0, 0.1) is 19.8 Å². The van der Waals surface area contributed by atoms with Crippen molar-refractivity contribution in [1.29, 1.82) is 0 Å². The number of ether oxygens (including phenoxy) is 2. The number of likely N-dealkylation sites (tertiary alicyclic amines) is 1. The standard InChI is InChI=1S/C25H32N4O6S/c1-16-22(25(31)28-9-3-4-10-28)23(17(2)26-16)36(32,33)29-11-7-18(8-12-29)24(30)27-19-5-6-20-21(15-19)35-14-13-34-20/h5-6,15,18,26H,3-4,7-14H2,1-2H3,(H,27,30). The first-order chi connectivity index (χ1) is 17.3. The molecule has 1 aromatic carbocycles. The predicted octanol–water partition coefficient (Wildman–Crippen LogP) is 2.68. The summed E-state index contributed by atoms with van der Waals surface area (Å²) in [5.41, 5.74) is 1.89. The van der Waals surface area contributed by atoms with E-state index in [9.17, 15) is 18.0 Å². The summed E-state index contributed by atoms with van der Waals surface area (Å²) in [5.74, 6) is 0.542. The van der Waals surface area contributed by atoms with Gasteiger partial charge in [0.05, 0.1) is 5.56 Å². The van der Waals surface area contributed by atoms with Crippen LogP contribution in [0.15, 0.2) is 23.1 Å². The zero-order chi connectivity index (χ0) is 25.4. The highest BCUT2D eigenvalue weighted by Crippen LogP contribution is 2.34. The fourth-order valence-electron chi connectivity index (χ4n) is 5.27. The van der Waals surface area contributed by atoms with Gasteiger partial charge in [-0.2, -0.15) is 4.31 Å². The lowest BCUT2D eigenvalue weighted by molar-refractivity contribution is -0.120. The van der Waals surface area contributed by atoms with Crippen LogP contribution in [0.1, 0.15) is 47.4 Å². The van der Waals surface area contributed by atoms with Crippen LogP contribution in [0.5, 0.6) is 11.5 Å². The number of rotatable bonds is 5. The van der Waals surface area contributed by atoms with Crippen LogP contribution in [0.25, 0.3) is 0 Å². The van der Waals surface area contributed by atoms with E-state index in [4.69, 9.17) is 9.47 Å². The van der Waals surface area contributed by atoms with E-state index in [0.717, 1.165) is 12.8 Å². The minimum Gasteiger partial charge on any atom is -0.486 e. The predicted molar refractivity (Wildman–Crippen MR) is 133 cm³/mol. The molecular formula is C25H32N4O6S. The number of nitrogens with zero attached hydrogens (tertiary/aromatic N) is 2. The van der Waals surface area contributed by atoms with E-state index in [2.05, 4.69) is 10.3 Å². The number of carbonyl (C=O) groups is 2. The molecule has 0 aliphatic carbocycles. The van der Waals surface area contributed by atoms with Crippen LogP contribution in [-0.2, 0) is 14.8 Å². The molecule has 2 saturated heterocycles. The molecule has 5 rings (SSSR count). The summed E-state index contributed by atoms with van der Waals surface area (Å²) in [4.78, 5) is 30.9. The van der Waals surface area contributed by atoms with Gasteiger partial charge in [0, 0.05) is 55.2 Å². The Labute approximate surface area is 211 Å². The van der Waals surface area contributed by atoms with Gasteiger partial charge in [0.2, 0.25) is 15.9 Å². The number of anilines is 1. The molecule has 1 aromatic heterocycles. The van der Waals surface area contributed by atoms with Gasteiger partial charge in [-0.3, -0.25) is 9.59 Å². The smallest absolute Gasteiger partial charge is 0.257 e. The largest absolute Gasteiger partial charge is 0.486 e. The summed E-state index contributed by atoms with van der Waals surface area (Å²) in [6.07, 6.45) is 2.65. The Morgan fingerprint density at radius 1 is 0.972 bits per heavy atom. The Balaban J connectivity index is 1.27. The van der Waals surface area contributed by atoms with E-state index in [0.29, 0.717) is 67.7 Å². The van der Waals surface area contributed by atoms with E-state index < -0.39 is 10.0 Å². The van der Waals surface area contributed by atoms with Crippen LogP contribution in [0.2, 0.25) is 0 Å². The number of carbonyl (C=O) groups excluding carboxylic acids is 2. The van der Waals surface area contributed by atoms with Gasteiger partial charge < -0.3 is 24.7 Å². The Kier molecular flexibility index (Phi) is 6.69. The first-order valence-electron chi connectivity index (χ1n) is 12.4. The highest BCUT2D eigenvalue weighted by Gasteiger charge is 2.38. The number of hydrogen-bond donors (Lipinski definition) is 2. The van der Waals surface area contributed by atoms with Crippen molar-refractivity contribution in [3.63, 3.8) is 0 Å². The van der Waals surface area contributed by atoms with Crippen molar-refractivity contribution in [1.82, 2.24) is 14.2 Å². The topological polar surface area (TPSA) is 121 Å². The summed E-state index contributed by atoms with van der Waals surface area (Å²) in [6.45, 7) is 6.10. The maximum atomic E-state index is 13.7. The zero-order valence-corrected chi connectivity index (χ0v) is 21.4. The molecular weight excluding hydrogens is 484 g/mol. The van der Waals surface area contributed by atoms with Gasteiger partial charge in [-0.1, -0.05) is 0 Å². The summed E-state index contributed by atoms with van der Waals surface area (Å²) in [7, 11) is -3.90. The molecule has 194 valence electrons. The summed E-state index contributed by atoms with van der Waals surface area (Å²) in [6, 6.07) is 5.27. The number of aromatic amines is 1. The molecule has 11 heteroatoms. The van der Waals surface area contributed by atoms with Crippen LogP contribution < -0.4 is 14.8 Å². The molecule has 0 bridgehead atoms. The number of aryl methyl sites for hydroxylation is 2. The number of sulfonamides is 1. The molecule has 36 heavy (non-hydrogen) atoms. The van der Waals surface area contributed by atoms with Gasteiger partial charge in [-0.25, -0.2) is 8.42 Å². The molecule has 3 aliphatic rings. The minimum atomic E-state index is -3.90. The Bertz CT molecular complexity index is 1270. The summed E-state index contributed by atoms with van der Waals surface area (Å²) < 4.78 is 39.8. The van der Waals surface area contributed by atoms with E-state index in [1.54, 1.807) is 36.9 Å². The lowest BCUT2D eigenvalue weighted by atomic mass is 9.97. The first-order valence-corrected chi connectivity index (χ1v) is 13.9. The normalized spacial score (nSPS) is 18.9. The molecule has 2 fully saturated rings. The second-order valence-electron chi connectivity index (χ2n) is 9.60. The highest BCUT2D eigenvalue weighted by molar-refractivity contribution is 7.89. The average molecular weight is 517 g/mol. The zero-order valence-electron chi connectivity index (χ0n) is 20.6. The lowest BCUT2D eigenvalue weighted by Gasteiger charge is -2.31. The summed E-state index contributed by atoms with van der Waals surface area (Å²) in [5, 5.41) is 2.92.